The summed E-state index contributed by atoms with van der Waals surface area (Å²) in [7, 11) is 3.20. The fourth-order valence-corrected chi connectivity index (χ4v) is 3.88. The van der Waals surface area contributed by atoms with Crippen molar-refractivity contribution in [2.45, 2.75) is 57.7 Å². The number of carbonyl (C=O) groups is 1. The highest BCUT2D eigenvalue weighted by Gasteiger charge is 2.25. The maximum atomic E-state index is 12.3. The Labute approximate surface area is 177 Å². The summed E-state index contributed by atoms with van der Waals surface area (Å²) in [4.78, 5) is 24.3. The molecule has 1 aliphatic carbocycles. The van der Waals surface area contributed by atoms with Crippen molar-refractivity contribution in [3.8, 4) is 17.2 Å². The summed E-state index contributed by atoms with van der Waals surface area (Å²) in [5.74, 6) is 1.89. The van der Waals surface area contributed by atoms with Gasteiger partial charge in [0, 0.05) is 30.8 Å². The second kappa shape index (κ2) is 10.2. The number of aryl methyl sites for hydroxylation is 1. The fraction of sp³-hybridized carbons (Fsp3) is 0.478. The molecule has 0 spiro atoms. The second-order valence-corrected chi connectivity index (χ2v) is 7.56. The van der Waals surface area contributed by atoms with Crippen LogP contribution in [-0.4, -0.2) is 36.8 Å². The van der Waals surface area contributed by atoms with E-state index < -0.39 is 0 Å². The molecule has 1 N–H and O–H groups in total. The smallest absolute Gasteiger partial charge is 0.250 e. The fourth-order valence-electron chi connectivity index (χ4n) is 3.88. The van der Waals surface area contributed by atoms with Crippen molar-refractivity contribution in [1.29, 1.82) is 0 Å². The number of benzene rings is 1. The van der Waals surface area contributed by atoms with Gasteiger partial charge in [-0.25, -0.2) is 0 Å². The number of para-hydroxylation sites is 1. The minimum absolute atomic E-state index is 0.0241. The zero-order valence-corrected chi connectivity index (χ0v) is 17.8. The van der Waals surface area contributed by atoms with Gasteiger partial charge in [0.15, 0.2) is 11.5 Å². The van der Waals surface area contributed by atoms with E-state index >= 15 is 0 Å². The molecule has 2 aromatic rings. The van der Waals surface area contributed by atoms with E-state index in [-0.39, 0.29) is 23.6 Å². The SMILES string of the molecule is COc1cccc(OC2CCC(NC(=O)CCn3c(C)cccc3=O)CC2)c1OC. The van der Waals surface area contributed by atoms with Gasteiger partial charge in [-0.3, -0.25) is 9.59 Å². The van der Waals surface area contributed by atoms with Crippen molar-refractivity contribution in [2.24, 2.45) is 0 Å². The van der Waals surface area contributed by atoms with Crippen molar-refractivity contribution in [3.05, 3.63) is 52.4 Å². The van der Waals surface area contributed by atoms with E-state index in [0.29, 0.717) is 30.2 Å². The number of aromatic nitrogens is 1. The van der Waals surface area contributed by atoms with Gasteiger partial charge in [0.25, 0.3) is 5.56 Å². The van der Waals surface area contributed by atoms with Gasteiger partial charge in [-0.05, 0) is 50.8 Å². The van der Waals surface area contributed by atoms with Crippen LogP contribution in [0.2, 0.25) is 0 Å². The van der Waals surface area contributed by atoms with Crippen molar-refractivity contribution >= 4 is 5.91 Å². The summed E-state index contributed by atoms with van der Waals surface area (Å²) >= 11 is 0. The molecule has 1 saturated carbocycles. The molecule has 1 fully saturated rings. The van der Waals surface area contributed by atoms with E-state index in [1.165, 1.54) is 6.07 Å². The standard InChI is InChI=1S/C23H30N2O5/c1-16-6-4-9-22(27)25(16)15-14-21(26)24-17-10-12-18(13-11-17)30-20-8-5-7-19(28-2)23(20)29-3/h4-9,17-18H,10-15H2,1-3H3,(H,24,26). The summed E-state index contributed by atoms with van der Waals surface area (Å²) in [5.41, 5.74) is 0.786. The predicted molar refractivity (Wildman–Crippen MR) is 114 cm³/mol. The molecular weight excluding hydrogens is 384 g/mol. The van der Waals surface area contributed by atoms with Crippen LogP contribution < -0.4 is 25.1 Å². The van der Waals surface area contributed by atoms with Gasteiger partial charge in [-0.15, -0.1) is 0 Å². The molecule has 1 aromatic carbocycles. The van der Waals surface area contributed by atoms with E-state index in [9.17, 15) is 9.59 Å². The number of ether oxygens (including phenoxy) is 3. The Morgan fingerprint density at radius 2 is 1.73 bits per heavy atom. The number of nitrogens with one attached hydrogen (secondary N) is 1. The molecule has 1 aliphatic rings. The van der Waals surface area contributed by atoms with Crippen LogP contribution in [0.3, 0.4) is 0 Å². The molecule has 0 aliphatic heterocycles. The first-order chi connectivity index (χ1) is 14.5. The molecule has 0 atom stereocenters. The number of methoxy groups -OCH3 is 2. The highest BCUT2D eigenvalue weighted by Crippen LogP contribution is 2.38. The molecule has 162 valence electrons. The topological polar surface area (TPSA) is 78.8 Å². The van der Waals surface area contributed by atoms with Gasteiger partial charge in [0.1, 0.15) is 0 Å². The molecule has 7 heteroatoms. The van der Waals surface area contributed by atoms with E-state index in [0.717, 1.165) is 31.4 Å². The number of amides is 1. The molecule has 1 aromatic heterocycles. The zero-order valence-electron chi connectivity index (χ0n) is 17.8. The van der Waals surface area contributed by atoms with Crippen LogP contribution in [0.5, 0.6) is 17.2 Å². The molecule has 0 radical (unpaired) electrons. The molecule has 3 rings (SSSR count). The van der Waals surface area contributed by atoms with Gasteiger partial charge >= 0.3 is 0 Å². The largest absolute Gasteiger partial charge is 0.493 e. The van der Waals surface area contributed by atoms with Crippen LogP contribution in [0.15, 0.2) is 41.2 Å². The average Bonchev–Trinajstić information content (AvgIpc) is 2.74. The molecule has 30 heavy (non-hydrogen) atoms. The lowest BCUT2D eigenvalue weighted by Gasteiger charge is -2.30. The summed E-state index contributed by atoms with van der Waals surface area (Å²) in [6.45, 7) is 2.27. The van der Waals surface area contributed by atoms with Gasteiger partial charge < -0.3 is 24.1 Å². The third-order valence-corrected chi connectivity index (χ3v) is 5.53. The van der Waals surface area contributed by atoms with Crippen molar-refractivity contribution in [2.75, 3.05) is 14.2 Å². The van der Waals surface area contributed by atoms with E-state index in [1.54, 1.807) is 24.9 Å². The minimum atomic E-state index is -0.0755. The molecular formula is C23H30N2O5. The highest BCUT2D eigenvalue weighted by molar-refractivity contribution is 5.76. The molecule has 0 unspecified atom stereocenters. The Bertz CT molecular complexity index is 916. The maximum absolute atomic E-state index is 12.3. The summed E-state index contributed by atoms with van der Waals surface area (Å²) in [6, 6.07) is 10.9. The van der Waals surface area contributed by atoms with Crippen LogP contribution in [0.4, 0.5) is 0 Å². The molecule has 0 saturated heterocycles. The van der Waals surface area contributed by atoms with E-state index in [4.69, 9.17) is 14.2 Å². The zero-order chi connectivity index (χ0) is 21.5. The summed E-state index contributed by atoms with van der Waals surface area (Å²) in [6.07, 6.45) is 3.78. The lowest BCUT2D eigenvalue weighted by molar-refractivity contribution is -0.122. The number of rotatable bonds is 8. The quantitative estimate of drug-likeness (QED) is 0.718. The predicted octanol–water partition coefficient (Wildman–Crippen LogP) is 3.07. The van der Waals surface area contributed by atoms with Crippen LogP contribution in [0, 0.1) is 6.92 Å². The van der Waals surface area contributed by atoms with Crippen molar-refractivity contribution in [3.63, 3.8) is 0 Å². The summed E-state index contributed by atoms with van der Waals surface area (Å²) < 4.78 is 18.5. The highest BCUT2D eigenvalue weighted by atomic mass is 16.5. The monoisotopic (exact) mass is 414 g/mol. The molecule has 7 nitrogen and oxygen atoms in total. The first-order valence-electron chi connectivity index (χ1n) is 10.3. The maximum Gasteiger partial charge on any atom is 0.250 e. The van der Waals surface area contributed by atoms with Gasteiger partial charge in [0.05, 0.1) is 20.3 Å². The number of pyridine rings is 1. The lowest BCUT2D eigenvalue weighted by Crippen LogP contribution is -2.40. The molecule has 1 heterocycles. The van der Waals surface area contributed by atoms with Crippen LogP contribution in [0.1, 0.15) is 37.8 Å². The average molecular weight is 415 g/mol. The van der Waals surface area contributed by atoms with Crippen LogP contribution in [0.25, 0.3) is 0 Å². The Balaban J connectivity index is 1.47. The summed E-state index contributed by atoms with van der Waals surface area (Å²) in [5, 5.41) is 3.10. The lowest BCUT2D eigenvalue weighted by atomic mass is 9.92. The Morgan fingerprint density at radius 3 is 2.40 bits per heavy atom. The normalized spacial score (nSPS) is 18.5. The Kier molecular flexibility index (Phi) is 7.38. The Hall–Kier alpha value is -2.96. The minimum Gasteiger partial charge on any atom is -0.493 e. The van der Waals surface area contributed by atoms with Gasteiger partial charge in [0.2, 0.25) is 11.7 Å². The number of hydrogen-bond donors (Lipinski definition) is 1. The number of carbonyl (C=O) groups excluding carboxylic acids is 1. The van der Waals surface area contributed by atoms with Crippen LogP contribution in [-0.2, 0) is 11.3 Å². The Morgan fingerprint density at radius 1 is 1.03 bits per heavy atom. The number of nitrogens with zero attached hydrogens (tertiary/aromatic N) is 1. The third-order valence-electron chi connectivity index (χ3n) is 5.53. The van der Waals surface area contributed by atoms with Gasteiger partial charge in [-0.1, -0.05) is 12.1 Å². The number of hydrogen-bond acceptors (Lipinski definition) is 5. The van der Waals surface area contributed by atoms with Gasteiger partial charge in [-0.2, -0.15) is 0 Å². The van der Waals surface area contributed by atoms with E-state index in [1.807, 2.05) is 31.2 Å². The van der Waals surface area contributed by atoms with E-state index in [2.05, 4.69) is 5.32 Å². The molecule has 1 amide bonds. The molecule has 0 bridgehead atoms. The van der Waals surface area contributed by atoms with Crippen LogP contribution >= 0.6 is 0 Å². The third kappa shape index (κ3) is 5.34. The first-order valence-corrected chi connectivity index (χ1v) is 10.3. The van der Waals surface area contributed by atoms with Crippen molar-refractivity contribution < 1.29 is 19.0 Å². The van der Waals surface area contributed by atoms with Crippen molar-refractivity contribution in [1.82, 2.24) is 9.88 Å². The second-order valence-electron chi connectivity index (χ2n) is 7.56. The first kappa shape index (κ1) is 21.7.